The minimum Gasteiger partial charge on any atom is -0.310 e. The summed E-state index contributed by atoms with van der Waals surface area (Å²) in [6.07, 6.45) is 7.98. The van der Waals surface area contributed by atoms with Gasteiger partial charge in [-0.05, 0) is 37.1 Å². The number of fused-ring (bicyclic) bond motifs is 1. The molecule has 2 aromatic rings. The van der Waals surface area contributed by atoms with Gasteiger partial charge in [-0.25, -0.2) is 4.52 Å². The maximum Gasteiger partial charge on any atom is 0.0706 e. The number of thioether (sulfide) groups is 1. The molecular weight excluding hydrogens is 254 g/mol. The first-order chi connectivity index (χ1) is 9.36. The Morgan fingerprint density at radius 1 is 1.42 bits per heavy atom. The number of aromatic nitrogens is 2. The van der Waals surface area contributed by atoms with Crippen molar-refractivity contribution in [2.75, 3.05) is 5.75 Å². The van der Waals surface area contributed by atoms with Crippen LogP contribution in [0.25, 0.3) is 5.52 Å². The first-order valence-corrected chi connectivity index (χ1v) is 8.18. The van der Waals surface area contributed by atoms with Crippen LogP contribution in [0.3, 0.4) is 0 Å². The maximum atomic E-state index is 4.38. The number of hydrogen-bond acceptors (Lipinski definition) is 3. The molecule has 19 heavy (non-hydrogen) atoms. The highest BCUT2D eigenvalue weighted by atomic mass is 32.2. The van der Waals surface area contributed by atoms with Gasteiger partial charge in [0.2, 0.25) is 0 Å². The van der Waals surface area contributed by atoms with E-state index >= 15 is 0 Å². The summed E-state index contributed by atoms with van der Waals surface area (Å²) in [6, 6.07) is 6.90. The lowest BCUT2D eigenvalue weighted by Gasteiger charge is -2.12. The van der Waals surface area contributed by atoms with Crippen molar-refractivity contribution in [3.05, 3.63) is 36.2 Å². The van der Waals surface area contributed by atoms with Crippen LogP contribution in [0, 0.1) is 0 Å². The average molecular weight is 275 g/mol. The van der Waals surface area contributed by atoms with Crippen LogP contribution in [0.5, 0.6) is 0 Å². The van der Waals surface area contributed by atoms with E-state index in [1.807, 2.05) is 23.0 Å². The van der Waals surface area contributed by atoms with E-state index in [1.165, 1.54) is 36.1 Å². The Balaban J connectivity index is 1.58. The summed E-state index contributed by atoms with van der Waals surface area (Å²) in [5.41, 5.74) is 2.51. The summed E-state index contributed by atoms with van der Waals surface area (Å²) in [6.45, 7) is 3.19. The van der Waals surface area contributed by atoms with Gasteiger partial charge in [-0.15, -0.1) is 0 Å². The monoisotopic (exact) mass is 275 g/mol. The molecule has 4 heteroatoms. The lowest BCUT2D eigenvalue weighted by atomic mass is 10.2. The molecule has 0 aromatic carbocycles. The molecule has 0 saturated heterocycles. The largest absolute Gasteiger partial charge is 0.310 e. The Morgan fingerprint density at radius 3 is 3.26 bits per heavy atom. The molecule has 2 atom stereocenters. The smallest absolute Gasteiger partial charge is 0.0706 e. The van der Waals surface area contributed by atoms with Crippen molar-refractivity contribution in [2.24, 2.45) is 0 Å². The van der Waals surface area contributed by atoms with Gasteiger partial charge in [-0.1, -0.05) is 13.0 Å². The molecular formula is C15H21N3S. The fourth-order valence-corrected chi connectivity index (χ4v) is 4.03. The molecule has 0 spiro atoms. The zero-order chi connectivity index (χ0) is 13.1. The minimum atomic E-state index is 0.683. The zero-order valence-corrected chi connectivity index (χ0v) is 12.2. The van der Waals surface area contributed by atoms with Gasteiger partial charge in [-0.2, -0.15) is 16.9 Å². The molecule has 1 fully saturated rings. The third-order valence-electron chi connectivity index (χ3n) is 3.87. The Hall–Kier alpha value is -1.00. The second kappa shape index (κ2) is 5.97. The summed E-state index contributed by atoms with van der Waals surface area (Å²) in [5.74, 6) is 1.24. The van der Waals surface area contributed by atoms with Gasteiger partial charge in [0.05, 0.1) is 11.7 Å². The lowest BCUT2D eigenvalue weighted by molar-refractivity contribution is 0.526. The normalized spacial score (nSPS) is 23.2. The minimum absolute atomic E-state index is 0.683. The van der Waals surface area contributed by atoms with Crippen molar-refractivity contribution in [3.8, 4) is 0 Å². The Bertz CT molecular complexity index is 537. The standard InChI is InChI=1S/C15H21N3S/c1-2-19-14-7-6-13(9-14)16-10-12-11-17-18-8-4-3-5-15(12)18/h3-5,8,11,13-14,16H,2,6-7,9-10H2,1H3. The van der Waals surface area contributed by atoms with E-state index in [-0.39, 0.29) is 0 Å². The highest BCUT2D eigenvalue weighted by Crippen LogP contribution is 2.29. The average Bonchev–Trinajstić information content (AvgIpc) is 3.04. The van der Waals surface area contributed by atoms with E-state index < -0.39 is 0 Å². The summed E-state index contributed by atoms with van der Waals surface area (Å²) in [7, 11) is 0. The van der Waals surface area contributed by atoms with Crippen molar-refractivity contribution < 1.29 is 0 Å². The van der Waals surface area contributed by atoms with Crippen molar-refractivity contribution >= 4 is 17.3 Å². The van der Waals surface area contributed by atoms with Gasteiger partial charge in [0.15, 0.2) is 0 Å². The number of pyridine rings is 1. The second-order valence-electron chi connectivity index (χ2n) is 5.17. The summed E-state index contributed by atoms with van der Waals surface area (Å²) >= 11 is 2.11. The molecule has 2 aromatic heterocycles. The third kappa shape index (κ3) is 2.95. The number of nitrogens with zero attached hydrogens (tertiary/aromatic N) is 2. The highest BCUT2D eigenvalue weighted by molar-refractivity contribution is 7.99. The topological polar surface area (TPSA) is 29.3 Å². The van der Waals surface area contributed by atoms with Crippen LogP contribution >= 0.6 is 11.8 Å². The van der Waals surface area contributed by atoms with Gasteiger partial charge < -0.3 is 5.32 Å². The summed E-state index contributed by atoms with van der Waals surface area (Å²) < 4.78 is 1.95. The van der Waals surface area contributed by atoms with E-state index in [0.717, 1.165) is 11.8 Å². The molecule has 0 bridgehead atoms. The van der Waals surface area contributed by atoms with Crippen LogP contribution in [-0.2, 0) is 6.54 Å². The van der Waals surface area contributed by atoms with Crippen molar-refractivity contribution in [2.45, 2.75) is 44.0 Å². The number of hydrogen-bond donors (Lipinski definition) is 1. The number of rotatable bonds is 5. The molecule has 2 unspecified atom stereocenters. The van der Waals surface area contributed by atoms with Crippen LogP contribution < -0.4 is 5.32 Å². The van der Waals surface area contributed by atoms with E-state index in [0.29, 0.717) is 6.04 Å². The summed E-state index contributed by atoms with van der Waals surface area (Å²) in [4.78, 5) is 0. The SMILES string of the molecule is CCSC1CCC(NCc2cnn3ccccc23)C1. The van der Waals surface area contributed by atoms with Gasteiger partial charge >= 0.3 is 0 Å². The number of nitrogens with one attached hydrogen (secondary N) is 1. The van der Waals surface area contributed by atoms with Gasteiger partial charge in [0, 0.05) is 29.6 Å². The molecule has 1 saturated carbocycles. The quantitative estimate of drug-likeness (QED) is 0.909. The fourth-order valence-electron chi connectivity index (χ4n) is 2.89. The molecule has 0 amide bonds. The van der Waals surface area contributed by atoms with Crippen LogP contribution in [0.15, 0.2) is 30.6 Å². The fraction of sp³-hybridized carbons (Fsp3) is 0.533. The first kappa shape index (κ1) is 13.0. The van der Waals surface area contributed by atoms with Crippen LogP contribution in [-0.4, -0.2) is 26.7 Å². The molecule has 102 valence electrons. The maximum absolute atomic E-state index is 4.38. The van der Waals surface area contributed by atoms with Crippen LogP contribution in [0.4, 0.5) is 0 Å². The van der Waals surface area contributed by atoms with Gasteiger partial charge in [0.25, 0.3) is 0 Å². The van der Waals surface area contributed by atoms with E-state index in [1.54, 1.807) is 0 Å². The molecule has 1 aliphatic rings. The summed E-state index contributed by atoms with van der Waals surface area (Å²) in [5, 5.41) is 8.95. The second-order valence-corrected chi connectivity index (χ2v) is 6.75. The first-order valence-electron chi connectivity index (χ1n) is 7.13. The molecule has 0 radical (unpaired) electrons. The van der Waals surface area contributed by atoms with Crippen molar-refractivity contribution in [1.29, 1.82) is 0 Å². The molecule has 0 aliphatic heterocycles. The van der Waals surface area contributed by atoms with Gasteiger partial charge in [-0.3, -0.25) is 0 Å². The molecule has 3 nitrogen and oxygen atoms in total. The van der Waals surface area contributed by atoms with Crippen molar-refractivity contribution in [3.63, 3.8) is 0 Å². The highest BCUT2D eigenvalue weighted by Gasteiger charge is 2.24. The van der Waals surface area contributed by atoms with Crippen LogP contribution in [0.2, 0.25) is 0 Å². The predicted molar refractivity (Wildman–Crippen MR) is 81.6 cm³/mol. The van der Waals surface area contributed by atoms with Gasteiger partial charge in [0.1, 0.15) is 0 Å². The lowest BCUT2D eigenvalue weighted by Crippen LogP contribution is -2.26. The van der Waals surface area contributed by atoms with E-state index in [4.69, 9.17) is 0 Å². The van der Waals surface area contributed by atoms with E-state index in [2.05, 4.69) is 41.2 Å². The molecule has 2 heterocycles. The Kier molecular flexibility index (Phi) is 4.09. The van der Waals surface area contributed by atoms with Crippen LogP contribution in [0.1, 0.15) is 31.7 Å². The Morgan fingerprint density at radius 2 is 2.37 bits per heavy atom. The molecule has 1 N–H and O–H groups in total. The van der Waals surface area contributed by atoms with Crippen molar-refractivity contribution in [1.82, 2.24) is 14.9 Å². The Labute approximate surface area is 118 Å². The zero-order valence-electron chi connectivity index (χ0n) is 11.4. The van der Waals surface area contributed by atoms with E-state index in [9.17, 15) is 0 Å². The molecule has 3 rings (SSSR count). The predicted octanol–water partition coefficient (Wildman–Crippen LogP) is 3.10. The molecule has 1 aliphatic carbocycles. The third-order valence-corrected chi connectivity index (χ3v) is 5.11.